The van der Waals surface area contributed by atoms with Crippen molar-refractivity contribution < 1.29 is 4.79 Å². The maximum atomic E-state index is 11.8. The van der Waals surface area contributed by atoms with Crippen molar-refractivity contribution in [3.05, 3.63) is 48.0 Å². The standard InChI is InChI=1S/C15H15ClO/c16-10-4-8-14(17)11-13-7-3-6-12-5-1-2-9-15(12)13/h1-3,5-7,9H,4,8,10-11H2. The lowest BCUT2D eigenvalue weighted by atomic mass is 9.99. The van der Waals surface area contributed by atoms with Crippen LogP contribution in [-0.4, -0.2) is 11.7 Å². The zero-order chi connectivity index (χ0) is 12.1. The van der Waals surface area contributed by atoms with Gasteiger partial charge in [0.25, 0.3) is 0 Å². The minimum Gasteiger partial charge on any atom is -0.299 e. The number of Topliss-reactive ketones (excluding diaryl/α,β-unsaturated/α-hetero) is 1. The molecule has 0 amide bonds. The zero-order valence-corrected chi connectivity index (χ0v) is 10.4. The highest BCUT2D eigenvalue weighted by Crippen LogP contribution is 2.19. The van der Waals surface area contributed by atoms with Crippen LogP contribution in [-0.2, 0) is 11.2 Å². The Morgan fingerprint density at radius 1 is 1.06 bits per heavy atom. The topological polar surface area (TPSA) is 17.1 Å². The first-order chi connectivity index (χ1) is 8.31. The summed E-state index contributed by atoms with van der Waals surface area (Å²) in [5.41, 5.74) is 1.11. The molecule has 2 heteroatoms. The van der Waals surface area contributed by atoms with Crippen LogP contribution >= 0.6 is 11.6 Å². The van der Waals surface area contributed by atoms with Gasteiger partial charge >= 0.3 is 0 Å². The van der Waals surface area contributed by atoms with E-state index < -0.39 is 0 Å². The SMILES string of the molecule is O=C(CCCCl)Cc1cccc2ccccc12. The summed E-state index contributed by atoms with van der Waals surface area (Å²) < 4.78 is 0. The van der Waals surface area contributed by atoms with E-state index in [0.29, 0.717) is 18.7 Å². The first-order valence-corrected chi connectivity index (χ1v) is 6.39. The highest BCUT2D eigenvalue weighted by Gasteiger charge is 2.06. The molecule has 0 saturated carbocycles. The molecule has 2 aromatic rings. The molecular weight excluding hydrogens is 232 g/mol. The number of fused-ring (bicyclic) bond motifs is 1. The molecule has 0 unspecified atom stereocenters. The van der Waals surface area contributed by atoms with Crippen molar-refractivity contribution in [2.75, 3.05) is 5.88 Å². The Bertz CT molecular complexity index is 514. The summed E-state index contributed by atoms with van der Waals surface area (Å²) in [6, 6.07) is 14.3. The molecule has 0 spiro atoms. The van der Waals surface area contributed by atoms with Crippen molar-refractivity contribution in [2.24, 2.45) is 0 Å². The van der Waals surface area contributed by atoms with Crippen LogP contribution in [0.4, 0.5) is 0 Å². The minimum absolute atomic E-state index is 0.266. The molecule has 0 aliphatic carbocycles. The number of carbonyl (C=O) groups excluding carboxylic acids is 1. The highest BCUT2D eigenvalue weighted by atomic mass is 35.5. The van der Waals surface area contributed by atoms with Crippen LogP contribution in [0.1, 0.15) is 18.4 Å². The molecule has 0 aromatic heterocycles. The lowest BCUT2D eigenvalue weighted by Gasteiger charge is -2.05. The lowest BCUT2D eigenvalue weighted by molar-refractivity contribution is -0.118. The van der Waals surface area contributed by atoms with Crippen molar-refractivity contribution in [1.29, 1.82) is 0 Å². The van der Waals surface area contributed by atoms with Gasteiger partial charge in [-0.25, -0.2) is 0 Å². The van der Waals surface area contributed by atoms with Gasteiger partial charge in [0, 0.05) is 18.7 Å². The lowest BCUT2D eigenvalue weighted by Crippen LogP contribution is -2.03. The largest absolute Gasteiger partial charge is 0.299 e. The van der Waals surface area contributed by atoms with Crippen LogP contribution in [0.2, 0.25) is 0 Å². The summed E-state index contributed by atoms with van der Waals surface area (Å²) in [6.07, 6.45) is 1.86. The summed E-state index contributed by atoms with van der Waals surface area (Å²) >= 11 is 5.59. The van der Waals surface area contributed by atoms with Crippen LogP contribution < -0.4 is 0 Å². The van der Waals surface area contributed by atoms with Gasteiger partial charge in [0.05, 0.1) is 0 Å². The fraction of sp³-hybridized carbons (Fsp3) is 0.267. The smallest absolute Gasteiger partial charge is 0.137 e. The number of benzene rings is 2. The third-order valence-corrected chi connectivity index (χ3v) is 3.12. The third-order valence-electron chi connectivity index (χ3n) is 2.86. The molecule has 0 fully saturated rings. The molecule has 0 saturated heterocycles. The van der Waals surface area contributed by atoms with E-state index >= 15 is 0 Å². The maximum absolute atomic E-state index is 11.8. The Balaban J connectivity index is 2.21. The van der Waals surface area contributed by atoms with E-state index in [2.05, 4.69) is 18.2 Å². The summed E-state index contributed by atoms with van der Waals surface area (Å²) in [7, 11) is 0. The third kappa shape index (κ3) is 3.07. The van der Waals surface area contributed by atoms with Gasteiger partial charge in [-0.3, -0.25) is 4.79 Å². The molecule has 0 radical (unpaired) electrons. The number of halogens is 1. The van der Waals surface area contributed by atoms with Gasteiger partial charge in [-0.1, -0.05) is 42.5 Å². The molecule has 88 valence electrons. The van der Waals surface area contributed by atoms with E-state index in [1.807, 2.05) is 24.3 Å². The number of rotatable bonds is 5. The van der Waals surface area contributed by atoms with Crippen molar-refractivity contribution in [1.82, 2.24) is 0 Å². The van der Waals surface area contributed by atoms with Gasteiger partial charge < -0.3 is 0 Å². The monoisotopic (exact) mass is 246 g/mol. The van der Waals surface area contributed by atoms with E-state index in [1.165, 1.54) is 10.8 Å². The molecule has 2 aromatic carbocycles. The van der Waals surface area contributed by atoms with Crippen LogP contribution in [0, 0.1) is 0 Å². The molecule has 1 nitrogen and oxygen atoms in total. The average molecular weight is 247 g/mol. The quantitative estimate of drug-likeness (QED) is 0.730. The summed E-state index contributed by atoms with van der Waals surface area (Å²) in [5.74, 6) is 0.823. The van der Waals surface area contributed by atoms with Crippen LogP contribution in [0.5, 0.6) is 0 Å². The normalized spacial score (nSPS) is 10.6. The highest BCUT2D eigenvalue weighted by molar-refractivity contribution is 6.17. The Kier molecular flexibility index (Phi) is 4.16. The van der Waals surface area contributed by atoms with E-state index in [-0.39, 0.29) is 5.78 Å². The molecule has 0 aliphatic heterocycles. The first kappa shape index (κ1) is 12.1. The van der Waals surface area contributed by atoms with Crippen molar-refractivity contribution in [3.63, 3.8) is 0 Å². The number of ketones is 1. The molecule has 17 heavy (non-hydrogen) atoms. The number of hydrogen-bond donors (Lipinski definition) is 0. The maximum Gasteiger partial charge on any atom is 0.137 e. The second-order valence-electron chi connectivity index (χ2n) is 4.15. The predicted octanol–water partition coefficient (Wildman–Crippen LogP) is 3.97. The predicted molar refractivity (Wildman–Crippen MR) is 72.6 cm³/mol. The molecule has 0 heterocycles. The number of alkyl halides is 1. The number of hydrogen-bond acceptors (Lipinski definition) is 1. The Labute approximate surface area is 106 Å². The second-order valence-corrected chi connectivity index (χ2v) is 4.52. The van der Waals surface area contributed by atoms with E-state index in [0.717, 1.165) is 12.0 Å². The van der Waals surface area contributed by atoms with Crippen LogP contribution in [0.3, 0.4) is 0 Å². The Hall–Kier alpha value is -1.34. The van der Waals surface area contributed by atoms with E-state index in [9.17, 15) is 4.79 Å². The van der Waals surface area contributed by atoms with Crippen molar-refractivity contribution >= 4 is 28.2 Å². The summed E-state index contributed by atoms with van der Waals surface area (Å²) in [6.45, 7) is 0. The fourth-order valence-electron chi connectivity index (χ4n) is 2.01. The van der Waals surface area contributed by atoms with Gasteiger partial charge in [-0.2, -0.15) is 0 Å². The molecule has 0 aliphatic rings. The minimum atomic E-state index is 0.266. The van der Waals surface area contributed by atoms with Gasteiger partial charge in [0.1, 0.15) is 5.78 Å². The van der Waals surface area contributed by atoms with Gasteiger partial charge in [0.2, 0.25) is 0 Å². The fourth-order valence-corrected chi connectivity index (χ4v) is 2.15. The van der Waals surface area contributed by atoms with E-state index in [1.54, 1.807) is 0 Å². The van der Waals surface area contributed by atoms with Crippen LogP contribution in [0.25, 0.3) is 10.8 Å². The van der Waals surface area contributed by atoms with Gasteiger partial charge in [0.15, 0.2) is 0 Å². The summed E-state index contributed by atoms with van der Waals surface area (Å²) in [4.78, 5) is 11.8. The molecule has 2 rings (SSSR count). The zero-order valence-electron chi connectivity index (χ0n) is 9.66. The molecule has 0 N–H and O–H groups in total. The summed E-state index contributed by atoms with van der Waals surface area (Å²) in [5, 5.41) is 2.37. The second kappa shape index (κ2) is 5.83. The van der Waals surface area contributed by atoms with Crippen LogP contribution in [0.15, 0.2) is 42.5 Å². The molecule has 0 atom stereocenters. The van der Waals surface area contributed by atoms with Crippen molar-refractivity contribution in [2.45, 2.75) is 19.3 Å². The number of carbonyl (C=O) groups is 1. The average Bonchev–Trinajstić information content (AvgIpc) is 2.37. The van der Waals surface area contributed by atoms with Crippen molar-refractivity contribution in [3.8, 4) is 0 Å². The molecule has 0 bridgehead atoms. The van der Waals surface area contributed by atoms with Gasteiger partial charge in [-0.05, 0) is 22.8 Å². The van der Waals surface area contributed by atoms with E-state index in [4.69, 9.17) is 11.6 Å². The molecular formula is C15H15ClO. The van der Waals surface area contributed by atoms with Gasteiger partial charge in [-0.15, -0.1) is 11.6 Å². The Morgan fingerprint density at radius 2 is 1.82 bits per heavy atom. The Morgan fingerprint density at radius 3 is 2.65 bits per heavy atom. The first-order valence-electron chi connectivity index (χ1n) is 5.85.